The fourth-order valence-corrected chi connectivity index (χ4v) is 0.712. The monoisotopic (exact) mass is 152 g/mol. The Morgan fingerprint density at radius 3 is 2.91 bits per heavy atom. The normalized spacial score (nSPS) is 9.09. The fourth-order valence-electron chi connectivity index (χ4n) is 0.712. The zero-order valence-corrected chi connectivity index (χ0v) is 5.83. The summed E-state index contributed by atoms with van der Waals surface area (Å²) in [5.74, 6) is 0. The zero-order valence-electron chi connectivity index (χ0n) is 5.83. The number of hydrogen-bond acceptors (Lipinski definition) is 2. The third kappa shape index (κ3) is 2.25. The summed E-state index contributed by atoms with van der Waals surface area (Å²) in [6.45, 7) is 0.445. The van der Waals surface area contributed by atoms with E-state index in [1.165, 1.54) is 6.07 Å². The van der Waals surface area contributed by atoms with Gasteiger partial charge in [0.25, 0.3) is 0 Å². The van der Waals surface area contributed by atoms with E-state index >= 15 is 0 Å². The smallest absolute Gasteiger partial charge is 0.247 e. The van der Waals surface area contributed by atoms with Crippen molar-refractivity contribution >= 4 is 6.41 Å². The Bertz CT molecular complexity index is 272. The van der Waals surface area contributed by atoms with E-state index in [4.69, 9.17) is 0 Å². The molecule has 1 aromatic heterocycles. The highest BCUT2D eigenvalue weighted by molar-refractivity contribution is 5.46. The Hall–Kier alpha value is -1.58. The second-order valence-electron chi connectivity index (χ2n) is 2.06. The maximum Gasteiger partial charge on any atom is 0.247 e. The average molecular weight is 152 g/mol. The van der Waals surface area contributed by atoms with Gasteiger partial charge in [0.05, 0.1) is 0 Å². The number of aromatic amines is 1. The largest absolute Gasteiger partial charge is 0.355 e. The summed E-state index contributed by atoms with van der Waals surface area (Å²) >= 11 is 0. The van der Waals surface area contributed by atoms with Gasteiger partial charge in [0.15, 0.2) is 0 Å². The van der Waals surface area contributed by atoms with E-state index in [0.717, 1.165) is 5.56 Å². The molecule has 11 heavy (non-hydrogen) atoms. The van der Waals surface area contributed by atoms with E-state index in [9.17, 15) is 9.59 Å². The number of aromatic nitrogens is 1. The van der Waals surface area contributed by atoms with Gasteiger partial charge < -0.3 is 10.3 Å². The molecule has 58 valence electrons. The van der Waals surface area contributed by atoms with Crippen LogP contribution in [0.3, 0.4) is 0 Å². The Morgan fingerprint density at radius 2 is 2.36 bits per heavy atom. The average Bonchev–Trinajstić information content (AvgIpc) is 2.04. The van der Waals surface area contributed by atoms with Crippen LogP contribution < -0.4 is 10.9 Å². The molecule has 0 aliphatic heterocycles. The van der Waals surface area contributed by atoms with Gasteiger partial charge in [-0.05, 0) is 5.56 Å². The summed E-state index contributed by atoms with van der Waals surface area (Å²) in [6, 6.07) is 3.08. The molecule has 0 radical (unpaired) electrons. The van der Waals surface area contributed by atoms with Gasteiger partial charge in [-0.2, -0.15) is 0 Å². The summed E-state index contributed by atoms with van der Waals surface area (Å²) in [4.78, 5) is 22.9. The van der Waals surface area contributed by atoms with Crippen molar-refractivity contribution in [3.8, 4) is 0 Å². The summed E-state index contributed by atoms with van der Waals surface area (Å²) in [7, 11) is 0. The van der Waals surface area contributed by atoms with Crippen LogP contribution in [0.15, 0.2) is 23.1 Å². The summed E-state index contributed by atoms with van der Waals surface area (Å²) in [5, 5.41) is 2.48. The molecule has 0 fully saturated rings. The first kappa shape index (κ1) is 7.53. The molecule has 0 bridgehead atoms. The highest BCUT2D eigenvalue weighted by Crippen LogP contribution is 1.89. The molecule has 0 aliphatic rings. The molecule has 0 aromatic carbocycles. The van der Waals surface area contributed by atoms with E-state index < -0.39 is 0 Å². The molecule has 0 aliphatic carbocycles. The summed E-state index contributed by atoms with van der Waals surface area (Å²) in [5.41, 5.74) is 0.733. The van der Waals surface area contributed by atoms with Crippen molar-refractivity contribution in [2.75, 3.05) is 0 Å². The number of nitrogens with one attached hydrogen (secondary N) is 2. The first-order chi connectivity index (χ1) is 5.33. The molecule has 1 rings (SSSR count). The topological polar surface area (TPSA) is 62.0 Å². The minimum Gasteiger partial charge on any atom is -0.355 e. The standard InChI is InChI=1S/C7H8N2O2/c10-5-8-3-6-1-2-7(11)9-4-6/h1-2,4-5H,3H2,(H,8,10)(H,9,11). The molecule has 0 unspecified atom stereocenters. The lowest BCUT2D eigenvalue weighted by molar-refractivity contribution is -0.109. The van der Waals surface area contributed by atoms with Crippen LogP contribution in [0.25, 0.3) is 0 Å². The van der Waals surface area contributed by atoms with Crippen molar-refractivity contribution in [3.63, 3.8) is 0 Å². The van der Waals surface area contributed by atoms with Gasteiger partial charge in [-0.15, -0.1) is 0 Å². The van der Waals surface area contributed by atoms with Gasteiger partial charge in [-0.3, -0.25) is 9.59 Å². The maximum atomic E-state index is 10.5. The van der Waals surface area contributed by atoms with Crippen molar-refractivity contribution in [3.05, 3.63) is 34.2 Å². The van der Waals surface area contributed by atoms with Crippen molar-refractivity contribution in [2.45, 2.75) is 6.54 Å². The van der Waals surface area contributed by atoms with E-state index in [-0.39, 0.29) is 5.56 Å². The highest BCUT2D eigenvalue weighted by Gasteiger charge is 1.88. The predicted octanol–water partition coefficient (Wildman–Crippen LogP) is -0.379. The van der Waals surface area contributed by atoms with Gasteiger partial charge >= 0.3 is 0 Å². The van der Waals surface area contributed by atoms with Crippen LogP contribution in [0.4, 0.5) is 0 Å². The lowest BCUT2D eigenvalue weighted by atomic mass is 10.3. The van der Waals surface area contributed by atoms with Gasteiger partial charge in [0.1, 0.15) is 0 Å². The zero-order chi connectivity index (χ0) is 8.10. The minimum atomic E-state index is -0.139. The molecule has 4 heteroatoms. The molecule has 1 amide bonds. The molecular weight excluding hydrogens is 144 g/mol. The Labute approximate surface area is 63.3 Å². The molecule has 4 nitrogen and oxygen atoms in total. The highest BCUT2D eigenvalue weighted by atomic mass is 16.1. The van der Waals surface area contributed by atoms with Gasteiger partial charge in [-0.25, -0.2) is 0 Å². The number of pyridine rings is 1. The van der Waals surface area contributed by atoms with Crippen LogP contribution in [0.5, 0.6) is 0 Å². The quantitative estimate of drug-likeness (QED) is 0.580. The Kier molecular flexibility index (Phi) is 2.43. The molecule has 0 atom stereocenters. The number of carbonyl (C=O) groups is 1. The van der Waals surface area contributed by atoms with E-state index in [1.807, 2.05) is 0 Å². The predicted molar refractivity (Wildman–Crippen MR) is 40.0 cm³/mol. The summed E-state index contributed by atoms with van der Waals surface area (Å²) in [6.07, 6.45) is 2.18. The maximum absolute atomic E-state index is 10.5. The van der Waals surface area contributed by atoms with Crippen molar-refractivity contribution in [1.29, 1.82) is 0 Å². The molecular formula is C7H8N2O2. The number of hydrogen-bond donors (Lipinski definition) is 2. The molecule has 0 saturated heterocycles. The lowest BCUT2D eigenvalue weighted by Gasteiger charge is -1.96. The Balaban J connectivity index is 2.66. The summed E-state index contributed by atoms with van der Waals surface area (Å²) < 4.78 is 0. The van der Waals surface area contributed by atoms with Crippen LogP contribution in [0.1, 0.15) is 5.56 Å². The van der Waals surface area contributed by atoms with Crippen LogP contribution in [0.2, 0.25) is 0 Å². The van der Waals surface area contributed by atoms with Crippen molar-refractivity contribution < 1.29 is 4.79 Å². The van der Waals surface area contributed by atoms with Crippen LogP contribution in [-0.4, -0.2) is 11.4 Å². The second-order valence-corrected chi connectivity index (χ2v) is 2.06. The van der Waals surface area contributed by atoms with Gasteiger partial charge in [-0.1, -0.05) is 6.07 Å². The van der Waals surface area contributed by atoms with Gasteiger partial charge in [0.2, 0.25) is 12.0 Å². The first-order valence-electron chi connectivity index (χ1n) is 3.17. The van der Waals surface area contributed by atoms with Crippen molar-refractivity contribution in [1.82, 2.24) is 10.3 Å². The fraction of sp³-hybridized carbons (Fsp3) is 0.143. The minimum absolute atomic E-state index is 0.139. The van der Waals surface area contributed by atoms with Gasteiger partial charge in [0, 0.05) is 18.8 Å². The van der Waals surface area contributed by atoms with Crippen LogP contribution >= 0.6 is 0 Å². The third-order valence-electron chi connectivity index (χ3n) is 1.24. The lowest BCUT2D eigenvalue weighted by Crippen LogP contribution is -2.11. The molecule has 1 heterocycles. The molecule has 2 N–H and O–H groups in total. The van der Waals surface area contributed by atoms with E-state index in [2.05, 4.69) is 10.3 Å². The number of H-pyrrole nitrogens is 1. The molecule has 0 spiro atoms. The third-order valence-corrected chi connectivity index (χ3v) is 1.24. The Morgan fingerprint density at radius 1 is 1.55 bits per heavy atom. The second kappa shape index (κ2) is 3.55. The number of carbonyl (C=O) groups excluding carboxylic acids is 1. The molecule has 0 saturated carbocycles. The van der Waals surface area contributed by atoms with Crippen LogP contribution in [-0.2, 0) is 11.3 Å². The van der Waals surface area contributed by atoms with E-state index in [1.54, 1.807) is 12.3 Å². The molecule has 1 aromatic rings. The van der Waals surface area contributed by atoms with Crippen molar-refractivity contribution in [2.24, 2.45) is 0 Å². The first-order valence-corrected chi connectivity index (χ1v) is 3.17. The SMILES string of the molecule is O=CNCc1ccc(=O)[nH]c1. The van der Waals surface area contributed by atoms with E-state index in [0.29, 0.717) is 13.0 Å². The number of amides is 1. The van der Waals surface area contributed by atoms with Crippen LogP contribution in [0, 0.1) is 0 Å². The number of rotatable bonds is 3.